The molecule has 0 N–H and O–H groups in total. The van der Waals surface area contributed by atoms with Crippen LogP contribution in [0.2, 0.25) is 0 Å². The predicted molar refractivity (Wildman–Crippen MR) is 142 cm³/mol. The minimum atomic E-state index is -1.58. The van der Waals surface area contributed by atoms with Gasteiger partial charge in [0.2, 0.25) is 0 Å². The maximum atomic E-state index is 13.2. The van der Waals surface area contributed by atoms with Gasteiger partial charge in [0.25, 0.3) is 0 Å². The first-order chi connectivity index (χ1) is 17.2. The summed E-state index contributed by atoms with van der Waals surface area (Å²) < 4.78 is 11.5. The highest BCUT2D eigenvalue weighted by Crippen LogP contribution is 2.35. The Morgan fingerprint density at radius 2 is 1.83 bits per heavy atom. The molecule has 1 aliphatic rings. The number of hydroxylamine groups is 1. The normalized spacial score (nSPS) is 20.3. The molecule has 1 fully saturated rings. The molecule has 0 saturated heterocycles. The highest BCUT2D eigenvalue weighted by atomic mass is 16.6. The molecule has 1 aliphatic carbocycles. The minimum Gasteiger partial charge on any atom is -0.624 e. The Kier molecular flexibility index (Phi) is 11.2. The highest BCUT2D eigenvalue weighted by Gasteiger charge is 2.47. The van der Waals surface area contributed by atoms with Crippen molar-refractivity contribution < 1.29 is 23.8 Å². The minimum absolute atomic E-state index is 0.0536. The van der Waals surface area contributed by atoms with Crippen molar-refractivity contribution in [3.8, 4) is 11.8 Å². The van der Waals surface area contributed by atoms with Crippen LogP contribution in [-0.4, -0.2) is 42.1 Å². The van der Waals surface area contributed by atoms with E-state index in [-0.39, 0.29) is 32.1 Å². The van der Waals surface area contributed by atoms with Gasteiger partial charge < -0.3 is 14.7 Å². The summed E-state index contributed by atoms with van der Waals surface area (Å²) >= 11 is 0. The number of carbonyl (C=O) groups excluding carboxylic acids is 2. The number of hydrogen-bond acceptors (Lipinski definition) is 5. The van der Waals surface area contributed by atoms with Crippen LogP contribution in [-0.2, 0) is 19.1 Å². The number of ether oxygens (including phenoxy) is 2. The lowest BCUT2D eigenvalue weighted by molar-refractivity contribution is -0.512. The van der Waals surface area contributed by atoms with Gasteiger partial charge in [-0.25, -0.2) is 4.74 Å². The molecule has 1 saturated carbocycles. The van der Waals surface area contributed by atoms with Gasteiger partial charge in [-0.05, 0) is 57.1 Å². The molecule has 0 aromatic heterocycles. The van der Waals surface area contributed by atoms with E-state index < -0.39 is 17.4 Å². The van der Waals surface area contributed by atoms with Crippen LogP contribution in [0.25, 0.3) is 0 Å². The van der Waals surface area contributed by atoms with Crippen LogP contribution in [0.15, 0.2) is 36.9 Å². The SMILES string of the molecule is C=CCC(CC#Cc1ccccc1/C=[N+](\[O-])[C@@H]1C[C@H](C(C)C)CC[C@H]1C)(C(=O)OCC)C(=O)OCC. The van der Waals surface area contributed by atoms with Crippen LogP contribution in [0.1, 0.15) is 77.8 Å². The molecule has 36 heavy (non-hydrogen) atoms. The Balaban J connectivity index is 2.36. The standard InChI is InChI=1S/C30H41NO5/c1-7-18-30(28(32)35-8-2,29(33)36-9-3)19-12-15-24-13-10-11-14-26(24)21-31(34)27-20-25(22(4)5)17-16-23(27)6/h7,10-11,13-14,21-23,25,27H,1,8-9,16-20H2,2-6H3/b31-21-/t23-,25-,27-/m1/s1. The Bertz CT molecular complexity index is 982. The number of benzene rings is 1. The first-order valence-electron chi connectivity index (χ1n) is 13.0. The number of esters is 2. The molecule has 0 spiro atoms. The largest absolute Gasteiger partial charge is 0.624 e. The lowest BCUT2D eigenvalue weighted by Gasteiger charge is -2.34. The van der Waals surface area contributed by atoms with E-state index in [0.717, 1.165) is 17.6 Å². The summed E-state index contributed by atoms with van der Waals surface area (Å²) in [6.07, 6.45) is 6.20. The zero-order valence-electron chi connectivity index (χ0n) is 22.4. The average molecular weight is 496 g/mol. The zero-order chi connectivity index (χ0) is 26.7. The number of nitrogens with zero attached hydrogens (tertiary/aromatic N) is 1. The van der Waals surface area contributed by atoms with E-state index in [1.165, 1.54) is 12.5 Å². The number of rotatable bonds is 10. The van der Waals surface area contributed by atoms with Gasteiger partial charge >= 0.3 is 11.9 Å². The van der Waals surface area contributed by atoms with Gasteiger partial charge in [-0.2, -0.15) is 0 Å². The van der Waals surface area contributed by atoms with Crippen LogP contribution in [0.4, 0.5) is 0 Å². The van der Waals surface area contributed by atoms with E-state index in [0.29, 0.717) is 28.9 Å². The quantitative estimate of drug-likeness (QED) is 0.0625. The fourth-order valence-corrected chi connectivity index (χ4v) is 4.79. The Labute approximate surface area is 216 Å². The molecule has 0 heterocycles. The van der Waals surface area contributed by atoms with E-state index in [9.17, 15) is 14.8 Å². The second kappa shape index (κ2) is 13.9. The maximum absolute atomic E-state index is 13.2. The molecular formula is C30H41NO5. The summed E-state index contributed by atoms with van der Waals surface area (Å²) in [7, 11) is 0. The first kappa shape index (κ1) is 29.2. The molecule has 3 atom stereocenters. The molecule has 1 aromatic carbocycles. The summed E-state index contributed by atoms with van der Waals surface area (Å²) in [4.78, 5) is 25.6. The topological polar surface area (TPSA) is 78.7 Å². The lowest BCUT2D eigenvalue weighted by atomic mass is 9.75. The van der Waals surface area contributed by atoms with Crippen molar-refractivity contribution in [1.29, 1.82) is 0 Å². The Hall–Kier alpha value is -3.07. The third-order valence-electron chi connectivity index (χ3n) is 7.13. The molecule has 0 amide bonds. The van der Waals surface area contributed by atoms with E-state index in [2.05, 4.69) is 39.2 Å². The third kappa shape index (κ3) is 7.22. The first-order valence-corrected chi connectivity index (χ1v) is 13.0. The molecular weight excluding hydrogens is 454 g/mol. The van der Waals surface area contributed by atoms with E-state index >= 15 is 0 Å². The molecule has 6 heteroatoms. The summed E-state index contributed by atoms with van der Waals surface area (Å²) in [5.74, 6) is 6.14. The molecule has 1 aromatic rings. The van der Waals surface area contributed by atoms with Crippen LogP contribution in [0, 0.1) is 40.2 Å². The van der Waals surface area contributed by atoms with E-state index in [1.54, 1.807) is 20.1 Å². The van der Waals surface area contributed by atoms with Gasteiger partial charge in [0.05, 0.1) is 18.8 Å². The molecule has 196 valence electrons. The number of allylic oxidation sites excluding steroid dienone is 1. The van der Waals surface area contributed by atoms with Crippen LogP contribution < -0.4 is 0 Å². The van der Waals surface area contributed by atoms with E-state index in [4.69, 9.17) is 9.47 Å². The van der Waals surface area contributed by atoms with Gasteiger partial charge in [0, 0.05) is 24.3 Å². The van der Waals surface area contributed by atoms with Crippen molar-refractivity contribution in [3.63, 3.8) is 0 Å². The molecule has 0 aliphatic heterocycles. The van der Waals surface area contributed by atoms with Crippen molar-refractivity contribution in [2.45, 2.75) is 72.8 Å². The zero-order valence-corrected chi connectivity index (χ0v) is 22.4. The van der Waals surface area contributed by atoms with Crippen molar-refractivity contribution in [2.24, 2.45) is 23.2 Å². The predicted octanol–water partition coefficient (Wildman–Crippen LogP) is 5.51. The van der Waals surface area contributed by atoms with Gasteiger partial charge in [0.1, 0.15) is 0 Å². The van der Waals surface area contributed by atoms with E-state index in [1.807, 2.05) is 24.3 Å². The number of carbonyl (C=O) groups is 2. The summed E-state index contributed by atoms with van der Waals surface area (Å²) in [5.41, 5.74) is -0.212. The summed E-state index contributed by atoms with van der Waals surface area (Å²) in [6, 6.07) is 7.33. The van der Waals surface area contributed by atoms with Gasteiger partial charge in [-0.1, -0.05) is 50.8 Å². The third-order valence-corrected chi connectivity index (χ3v) is 7.13. The van der Waals surface area contributed by atoms with Crippen molar-refractivity contribution in [1.82, 2.24) is 0 Å². The second-order valence-corrected chi connectivity index (χ2v) is 9.93. The summed E-state index contributed by atoms with van der Waals surface area (Å²) in [5, 5.41) is 13.2. The van der Waals surface area contributed by atoms with Crippen LogP contribution >= 0.6 is 0 Å². The summed E-state index contributed by atoms with van der Waals surface area (Å²) in [6.45, 7) is 13.9. The molecule has 6 nitrogen and oxygen atoms in total. The smallest absolute Gasteiger partial charge is 0.324 e. The number of hydrogen-bond donors (Lipinski definition) is 0. The second-order valence-electron chi connectivity index (χ2n) is 9.93. The molecule has 0 radical (unpaired) electrons. The van der Waals surface area contributed by atoms with Gasteiger partial charge in [-0.3, -0.25) is 9.59 Å². The van der Waals surface area contributed by atoms with Gasteiger partial charge in [-0.15, -0.1) is 6.58 Å². The van der Waals surface area contributed by atoms with Crippen molar-refractivity contribution >= 4 is 18.2 Å². The molecule has 0 bridgehead atoms. The van der Waals surface area contributed by atoms with Crippen molar-refractivity contribution in [3.05, 3.63) is 53.3 Å². The highest BCUT2D eigenvalue weighted by molar-refractivity contribution is 6.00. The van der Waals surface area contributed by atoms with Gasteiger partial charge in [0.15, 0.2) is 17.7 Å². The Morgan fingerprint density at radius 1 is 1.19 bits per heavy atom. The van der Waals surface area contributed by atoms with Crippen LogP contribution in [0.5, 0.6) is 0 Å². The molecule has 0 unspecified atom stereocenters. The fraction of sp³-hybridized carbons (Fsp3) is 0.567. The monoisotopic (exact) mass is 495 g/mol. The van der Waals surface area contributed by atoms with Crippen LogP contribution in [0.3, 0.4) is 0 Å². The lowest BCUT2D eigenvalue weighted by Crippen LogP contribution is -2.41. The van der Waals surface area contributed by atoms with Crippen molar-refractivity contribution in [2.75, 3.05) is 13.2 Å². The Morgan fingerprint density at radius 3 is 2.42 bits per heavy atom. The average Bonchev–Trinajstić information content (AvgIpc) is 2.84. The maximum Gasteiger partial charge on any atom is 0.324 e. The fourth-order valence-electron chi connectivity index (χ4n) is 4.79. The molecule has 2 rings (SSSR count).